The van der Waals surface area contributed by atoms with Gasteiger partial charge in [0.25, 0.3) is 5.91 Å². The number of benzene rings is 1. The summed E-state index contributed by atoms with van der Waals surface area (Å²) < 4.78 is 50.8. The highest BCUT2D eigenvalue weighted by atomic mass is 19.4. The number of aliphatic hydroxyl groups is 1. The third-order valence-electron chi connectivity index (χ3n) is 6.20. The highest BCUT2D eigenvalue weighted by Crippen LogP contribution is 2.40. The fourth-order valence-electron chi connectivity index (χ4n) is 4.54. The van der Waals surface area contributed by atoms with E-state index in [1.165, 1.54) is 18.6 Å². The fourth-order valence-corrected chi connectivity index (χ4v) is 4.54. The van der Waals surface area contributed by atoms with E-state index in [1.54, 1.807) is 6.08 Å². The largest absolute Gasteiger partial charge is 0.459 e. The number of amides is 1. The minimum absolute atomic E-state index is 0.0200. The lowest BCUT2D eigenvalue weighted by atomic mass is 9.80. The molecule has 0 aromatic heterocycles. The first-order valence-corrected chi connectivity index (χ1v) is 11.4. The molecule has 0 spiro atoms. The van der Waals surface area contributed by atoms with E-state index in [0.29, 0.717) is 25.0 Å². The molecule has 1 aromatic carbocycles. The third kappa shape index (κ3) is 6.25. The van der Waals surface area contributed by atoms with Gasteiger partial charge >= 0.3 is 6.18 Å². The van der Waals surface area contributed by atoms with Gasteiger partial charge in [-0.25, -0.2) is 0 Å². The first kappa shape index (κ1) is 24.6. The second-order valence-electron chi connectivity index (χ2n) is 8.46. The van der Waals surface area contributed by atoms with Crippen LogP contribution >= 0.6 is 0 Å². The number of halogens is 3. The molecule has 8 heteroatoms. The SMILES string of the molecule is CCO[C@@H]1OC(C(=O)NC2CCCCC2)=C[C@H](c2ccc(C(F)(F)F)cc2)[C@H]1CCCO. The molecule has 0 radical (unpaired) electrons. The molecule has 1 aliphatic carbocycles. The lowest BCUT2D eigenvalue weighted by molar-refractivity contribution is -0.166. The number of carbonyl (C=O) groups is 1. The summed E-state index contributed by atoms with van der Waals surface area (Å²) >= 11 is 0. The molecule has 0 bridgehead atoms. The Bertz CT molecular complexity index is 772. The number of hydrogen-bond acceptors (Lipinski definition) is 4. The summed E-state index contributed by atoms with van der Waals surface area (Å²) in [7, 11) is 0. The Hall–Kier alpha value is -2.06. The normalized spacial score (nSPS) is 24.5. The predicted molar refractivity (Wildman–Crippen MR) is 114 cm³/mol. The number of alkyl halides is 3. The lowest BCUT2D eigenvalue weighted by Gasteiger charge is -2.37. The maximum absolute atomic E-state index is 13.0. The highest BCUT2D eigenvalue weighted by molar-refractivity contribution is 5.92. The van der Waals surface area contributed by atoms with Gasteiger partial charge in [-0.05, 0) is 56.4 Å². The van der Waals surface area contributed by atoms with Gasteiger partial charge in [0.1, 0.15) is 0 Å². The van der Waals surface area contributed by atoms with E-state index in [1.807, 2.05) is 6.92 Å². The van der Waals surface area contributed by atoms with Crippen LogP contribution in [0, 0.1) is 5.92 Å². The molecule has 1 aromatic rings. The van der Waals surface area contributed by atoms with Gasteiger partial charge in [-0.2, -0.15) is 13.2 Å². The lowest BCUT2D eigenvalue weighted by Crippen LogP contribution is -2.42. The van der Waals surface area contributed by atoms with Crippen molar-refractivity contribution in [2.75, 3.05) is 13.2 Å². The summed E-state index contributed by atoms with van der Waals surface area (Å²) in [5.41, 5.74) is -0.0715. The Labute approximate surface area is 187 Å². The molecule has 0 unspecified atom stereocenters. The van der Waals surface area contributed by atoms with Crippen LogP contribution in [0.5, 0.6) is 0 Å². The zero-order valence-corrected chi connectivity index (χ0v) is 18.4. The molecular formula is C24H32F3NO4. The Morgan fingerprint density at radius 2 is 1.88 bits per heavy atom. The first-order chi connectivity index (χ1) is 15.3. The molecule has 3 rings (SSSR count). The Morgan fingerprint density at radius 3 is 2.47 bits per heavy atom. The molecule has 178 valence electrons. The second-order valence-corrected chi connectivity index (χ2v) is 8.46. The summed E-state index contributed by atoms with van der Waals surface area (Å²) in [6, 6.07) is 5.10. The summed E-state index contributed by atoms with van der Waals surface area (Å²) in [6.45, 7) is 2.16. The van der Waals surface area contributed by atoms with Crippen molar-refractivity contribution in [3.8, 4) is 0 Å². The van der Waals surface area contributed by atoms with Gasteiger partial charge in [0.15, 0.2) is 5.76 Å². The second kappa shape index (κ2) is 11.2. The number of ether oxygens (including phenoxy) is 2. The molecule has 32 heavy (non-hydrogen) atoms. The minimum Gasteiger partial charge on any atom is -0.459 e. The topological polar surface area (TPSA) is 67.8 Å². The van der Waals surface area contributed by atoms with Crippen molar-refractivity contribution in [3.63, 3.8) is 0 Å². The molecule has 2 N–H and O–H groups in total. The highest BCUT2D eigenvalue weighted by Gasteiger charge is 2.38. The number of nitrogens with one attached hydrogen (secondary N) is 1. The van der Waals surface area contributed by atoms with Crippen LogP contribution in [0.1, 0.15) is 68.9 Å². The zero-order valence-electron chi connectivity index (χ0n) is 18.4. The van der Waals surface area contributed by atoms with Gasteiger partial charge in [-0.3, -0.25) is 4.79 Å². The Morgan fingerprint density at radius 1 is 1.19 bits per heavy atom. The van der Waals surface area contributed by atoms with E-state index in [2.05, 4.69) is 5.32 Å². The van der Waals surface area contributed by atoms with Crippen molar-refractivity contribution in [2.24, 2.45) is 5.92 Å². The van der Waals surface area contributed by atoms with Crippen LogP contribution in [0.25, 0.3) is 0 Å². The van der Waals surface area contributed by atoms with Crippen molar-refractivity contribution in [1.29, 1.82) is 0 Å². The Balaban J connectivity index is 1.89. The quantitative estimate of drug-likeness (QED) is 0.585. The summed E-state index contributed by atoms with van der Waals surface area (Å²) in [5, 5.41) is 12.4. The van der Waals surface area contributed by atoms with E-state index in [4.69, 9.17) is 9.47 Å². The smallest absolute Gasteiger partial charge is 0.416 e. The average molecular weight is 456 g/mol. The first-order valence-electron chi connectivity index (χ1n) is 11.4. The van der Waals surface area contributed by atoms with Gasteiger partial charge in [0, 0.05) is 31.1 Å². The third-order valence-corrected chi connectivity index (χ3v) is 6.20. The molecule has 1 aliphatic heterocycles. The van der Waals surface area contributed by atoms with Gasteiger partial charge in [-0.15, -0.1) is 0 Å². The maximum Gasteiger partial charge on any atom is 0.416 e. The fraction of sp³-hybridized carbons (Fsp3) is 0.625. The van der Waals surface area contributed by atoms with Crippen LogP contribution in [0.4, 0.5) is 13.2 Å². The molecule has 3 atom stereocenters. The van der Waals surface area contributed by atoms with Crippen LogP contribution in [0.2, 0.25) is 0 Å². The van der Waals surface area contributed by atoms with Gasteiger partial charge in [-0.1, -0.05) is 31.4 Å². The number of rotatable bonds is 8. The molecule has 1 saturated carbocycles. The molecule has 5 nitrogen and oxygen atoms in total. The van der Waals surface area contributed by atoms with Gasteiger partial charge in [0.05, 0.1) is 5.56 Å². The number of aliphatic hydroxyl groups excluding tert-OH is 1. The van der Waals surface area contributed by atoms with Crippen molar-refractivity contribution in [2.45, 2.75) is 76.3 Å². The van der Waals surface area contributed by atoms with Crippen molar-refractivity contribution in [3.05, 3.63) is 47.2 Å². The molecule has 1 fully saturated rings. The number of allylic oxidation sites excluding steroid dienone is 1. The molecule has 2 aliphatic rings. The summed E-state index contributed by atoms with van der Waals surface area (Å²) in [4.78, 5) is 13.0. The van der Waals surface area contributed by atoms with E-state index in [9.17, 15) is 23.1 Å². The van der Waals surface area contributed by atoms with Crippen molar-refractivity contribution >= 4 is 5.91 Å². The van der Waals surface area contributed by atoms with Crippen LogP contribution in [-0.4, -0.2) is 36.6 Å². The van der Waals surface area contributed by atoms with Gasteiger partial charge < -0.3 is 19.9 Å². The van der Waals surface area contributed by atoms with E-state index in [-0.39, 0.29) is 36.2 Å². The average Bonchev–Trinajstić information content (AvgIpc) is 2.78. The number of carbonyl (C=O) groups excluding carboxylic acids is 1. The molecule has 1 amide bonds. The van der Waals surface area contributed by atoms with Crippen molar-refractivity contribution < 1.29 is 32.5 Å². The predicted octanol–water partition coefficient (Wildman–Crippen LogP) is 4.90. The molecule has 0 saturated heterocycles. The van der Waals surface area contributed by atoms with Crippen LogP contribution < -0.4 is 5.32 Å². The monoisotopic (exact) mass is 455 g/mol. The van der Waals surface area contributed by atoms with E-state index >= 15 is 0 Å². The standard InChI is InChI=1S/C24H32F3NO4/c1-2-31-23-19(9-6-14-29)20(16-10-12-17(13-11-16)24(25,26)27)15-21(32-23)22(30)28-18-7-4-3-5-8-18/h10-13,15,18-20,23,29H,2-9,14H2,1H3,(H,28,30)/t19-,20-,23-/m1/s1. The summed E-state index contributed by atoms with van der Waals surface area (Å²) in [5.74, 6) is -0.801. The van der Waals surface area contributed by atoms with Crippen LogP contribution in [0.3, 0.4) is 0 Å². The van der Waals surface area contributed by atoms with Crippen molar-refractivity contribution in [1.82, 2.24) is 5.32 Å². The maximum atomic E-state index is 13.0. The number of hydrogen-bond donors (Lipinski definition) is 2. The molecule has 1 heterocycles. The van der Waals surface area contributed by atoms with Crippen LogP contribution in [-0.2, 0) is 20.4 Å². The molecular weight excluding hydrogens is 423 g/mol. The Kier molecular flexibility index (Phi) is 8.59. The minimum atomic E-state index is -4.42. The summed E-state index contributed by atoms with van der Waals surface area (Å²) in [6.07, 6.45) is 2.75. The zero-order chi connectivity index (χ0) is 23.1. The van der Waals surface area contributed by atoms with Crippen LogP contribution in [0.15, 0.2) is 36.1 Å². The van der Waals surface area contributed by atoms with E-state index < -0.39 is 18.0 Å². The van der Waals surface area contributed by atoms with E-state index in [0.717, 1.165) is 37.8 Å². The van der Waals surface area contributed by atoms with Gasteiger partial charge in [0.2, 0.25) is 6.29 Å².